The summed E-state index contributed by atoms with van der Waals surface area (Å²) in [5.74, 6) is 0.732. The SMILES string of the molecule is N#CCc1ccc(C2CCCC2)c(Br)c1. The Morgan fingerprint density at radius 2 is 2.07 bits per heavy atom. The first-order valence-electron chi connectivity index (χ1n) is 5.46. The first-order valence-corrected chi connectivity index (χ1v) is 6.26. The molecular weight excluding hydrogens is 250 g/mol. The van der Waals surface area contributed by atoms with Gasteiger partial charge in [-0.05, 0) is 36.0 Å². The van der Waals surface area contributed by atoms with E-state index in [-0.39, 0.29) is 0 Å². The molecule has 0 heterocycles. The molecule has 1 aliphatic rings. The summed E-state index contributed by atoms with van der Waals surface area (Å²) in [6, 6.07) is 8.55. The van der Waals surface area contributed by atoms with Crippen LogP contribution in [0.15, 0.2) is 22.7 Å². The lowest BCUT2D eigenvalue weighted by atomic mass is 9.96. The van der Waals surface area contributed by atoms with Crippen LogP contribution in [0.3, 0.4) is 0 Å². The Kier molecular flexibility index (Phi) is 3.43. The molecular formula is C13H14BrN. The highest BCUT2D eigenvalue weighted by Crippen LogP contribution is 2.37. The van der Waals surface area contributed by atoms with Crippen molar-refractivity contribution >= 4 is 15.9 Å². The van der Waals surface area contributed by atoms with Crippen LogP contribution in [0.5, 0.6) is 0 Å². The molecule has 0 saturated heterocycles. The molecule has 1 saturated carbocycles. The lowest BCUT2D eigenvalue weighted by Gasteiger charge is -2.12. The summed E-state index contributed by atoms with van der Waals surface area (Å²) in [6.45, 7) is 0. The number of hydrogen-bond donors (Lipinski definition) is 0. The minimum atomic E-state index is 0.504. The Bertz CT molecular complexity index is 386. The summed E-state index contributed by atoms with van der Waals surface area (Å²) < 4.78 is 1.18. The van der Waals surface area contributed by atoms with E-state index in [1.165, 1.54) is 35.7 Å². The molecule has 0 amide bonds. The molecule has 0 N–H and O–H groups in total. The van der Waals surface area contributed by atoms with E-state index in [4.69, 9.17) is 5.26 Å². The molecule has 0 radical (unpaired) electrons. The van der Waals surface area contributed by atoms with E-state index in [0.717, 1.165) is 11.5 Å². The number of nitriles is 1. The Balaban J connectivity index is 2.22. The van der Waals surface area contributed by atoms with Crippen LogP contribution in [0.2, 0.25) is 0 Å². The van der Waals surface area contributed by atoms with Gasteiger partial charge in [0.25, 0.3) is 0 Å². The van der Waals surface area contributed by atoms with Crippen molar-refractivity contribution < 1.29 is 0 Å². The highest BCUT2D eigenvalue weighted by molar-refractivity contribution is 9.10. The van der Waals surface area contributed by atoms with Gasteiger partial charge in [0.15, 0.2) is 0 Å². The molecule has 0 aromatic heterocycles. The lowest BCUT2D eigenvalue weighted by Crippen LogP contribution is -1.94. The summed E-state index contributed by atoms with van der Waals surface area (Å²) in [5.41, 5.74) is 2.53. The molecule has 78 valence electrons. The Morgan fingerprint density at radius 1 is 1.33 bits per heavy atom. The average molecular weight is 264 g/mol. The van der Waals surface area contributed by atoms with Crippen molar-refractivity contribution in [3.05, 3.63) is 33.8 Å². The van der Waals surface area contributed by atoms with Crippen molar-refractivity contribution in [3.8, 4) is 6.07 Å². The van der Waals surface area contributed by atoms with Gasteiger partial charge in [-0.25, -0.2) is 0 Å². The fourth-order valence-electron chi connectivity index (χ4n) is 2.34. The first-order chi connectivity index (χ1) is 7.31. The van der Waals surface area contributed by atoms with Crippen LogP contribution in [0, 0.1) is 11.3 Å². The van der Waals surface area contributed by atoms with Crippen LogP contribution in [-0.4, -0.2) is 0 Å². The first kappa shape index (κ1) is 10.7. The fraction of sp³-hybridized carbons (Fsp3) is 0.462. The van der Waals surface area contributed by atoms with Gasteiger partial charge in [-0.2, -0.15) is 5.26 Å². The largest absolute Gasteiger partial charge is 0.198 e. The van der Waals surface area contributed by atoms with E-state index in [2.05, 4.69) is 40.2 Å². The maximum Gasteiger partial charge on any atom is 0.0669 e. The molecule has 1 nitrogen and oxygen atoms in total. The van der Waals surface area contributed by atoms with Gasteiger partial charge in [-0.1, -0.05) is 40.9 Å². The maximum absolute atomic E-state index is 8.63. The van der Waals surface area contributed by atoms with Crippen LogP contribution < -0.4 is 0 Å². The summed E-state index contributed by atoms with van der Waals surface area (Å²) >= 11 is 3.62. The summed E-state index contributed by atoms with van der Waals surface area (Å²) in [4.78, 5) is 0. The molecule has 1 fully saturated rings. The van der Waals surface area contributed by atoms with Gasteiger partial charge in [-0.3, -0.25) is 0 Å². The summed E-state index contributed by atoms with van der Waals surface area (Å²) in [7, 11) is 0. The van der Waals surface area contributed by atoms with E-state index in [0.29, 0.717) is 6.42 Å². The van der Waals surface area contributed by atoms with Crippen molar-refractivity contribution in [1.82, 2.24) is 0 Å². The molecule has 0 atom stereocenters. The van der Waals surface area contributed by atoms with Crippen molar-refractivity contribution in [2.75, 3.05) is 0 Å². The standard InChI is InChI=1S/C13H14BrN/c14-13-9-10(7-8-15)5-6-12(13)11-3-1-2-4-11/h5-6,9,11H,1-4,7H2. The highest BCUT2D eigenvalue weighted by atomic mass is 79.9. The second-order valence-electron chi connectivity index (χ2n) is 4.17. The highest BCUT2D eigenvalue weighted by Gasteiger charge is 2.19. The molecule has 0 unspecified atom stereocenters. The smallest absolute Gasteiger partial charge is 0.0669 e. The second-order valence-corrected chi connectivity index (χ2v) is 5.03. The van der Waals surface area contributed by atoms with Crippen LogP contribution in [0.1, 0.15) is 42.7 Å². The number of benzene rings is 1. The van der Waals surface area contributed by atoms with Gasteiger partial charge < -0.3 is 0 Å². The Morgan fingerprint density at radius 3 is 2.67 bits per heavy atom. The second kappa shape index (κ2) is 4.81. The predicted molar refractivity (Wildman–Crippen MR) is 64.7 cm³/mol. The van der Waals surface area contributed by atoms with Gasteiger partial charge in [0.05, 0.1) is 12.5 Å². The fourth-order valence-corrected chi connectivity index (χ4v) is 3.09. The van der Waals surface area contributed by atoms with Crippen LogP contribution in [0.4, 0.5) is 0 Å². The average Bonchev–Trinajstić information content (AvgIpc) is 2.71. The molecule has 0 spiro atoms. The number of hydrogen-bond acceptors (Lipinski definition) is 1. The van der Waals surface area contributed by atoms with Gasteiger partial charge >= 0.3 is 0 Å². The molecule has 0 aliphatic heterocycles. The zero-order valence-corrected chi connectivity index (χ0v) is 10.3. The summed E-state index contributed by atoms with van der Waals surface area (Å²) in [6.07, 6.45) is 5.85. The molecule has 1 aliphatic carbocycles. The van der Waals surface area contributed by atoms with Crippen LogP contribution in [-0.2, 0) is 6.42 Å². The van der Waals surface area contributed by atoms with Gasteiger partial charge in [-0.15, -0.1) is 0 Å². The van der Waals surface area contributed by atoms with E-state index in [1.807, 2.05) is 0 Å². The Labute approximate surface area is 99.2 Å². The molecule has 2 heteroatoms. The maximum atomic E-state index is 8.63. The number of nitrogens with zero attached hydrogens (tertiary/aromatic N) is 1. The van der Waals surface area contributed by atoms with Gasteiger partial charge in [0.1, 0.15) is 0 Å². The normalized spacial score (nSPS) is 16.5. The third-order valence-corrected chi connectivity index (χ3v) is 3.83. The zero-order valence-electron chi connectivity index (χ0n) is 8.67. The quantitative estimate of drug-likeness (QED) is 0.786. The minimum Gasteiger partial charge on any atom is -0.198 e. The Hall–Kier alpha value is -0.810. The topological polar surface area (TPSA) is 23.8 Å². The van der Waals surface area contributed by atoms with E-state index >= 15 is 0 Å². The third kappa shape index (κ3) is 2.41. The molecule has 2 rings (SSSR count). The third-order valence-electron chi connectivity index (χ3n) is 3.14. The van der Waals surface area contributed by atoms with Gasteiger partial charge in [0, 0.05) is 4.47 Å². The number of halogens is 1. The summed E-state index contributed by atoms with van der Waals surface area (Å²) in [5, 5.41) is 8.63. The van der Waals surface area contributed by atoms with Crippen molar-refractivity contribution in [1.29, 1.82) is 5.26 Å². The zero-order chi connectivity index (χ0) is 10.7. The molecule has 1 aromatic rings. The monoisotopic (exact) mass is 263 g/mol. The lowest BCUT2D eigenvalue weighted by molar-refractivity contribution is 0.719. The van der Waals surface area contributed by atoms with Crippen LogP contribution in [0.25, 0.3) is 0 Å². The molecule has 0 bridgehead atoms. The molecule has 15 heavy (non-hydrogen) atoms. The van der Waals surface area contributed by atoms with Crippen molar-refractivity contribution in [2.24, 2.45) is 0 Å². The minimum absolute atomic E-state index is 0.504. The van der Waals surface area contributed by atoms with E-state index in [9.17, 15) is 0 Å². The van der Waals surface area contributed by atoms with Crippen molar-refractivity contribution in [2.45, 2.75) is 38.0 Å². The van der Waals surface area contributed by atoms with E-state index in [1.54, 1.807) is 0 Å². The van der Waals surface area contributed by atoms with Crippen molar-refractivity contribution in [3.63, 3.8) is 0 Å². The molecule has 1 aromatic carbocycles. The number of rotatable bonds is 2. The van der Waals surface area contributed by atoms with Gasteiger partial charge in [0.2, 0.25) is 0 Å². The van der Waals surface area contributed by atoms with Crippen LogP contribution >= 0.6 is 15.9 Å². The van der Waals surface area contributed by atoms with E-state index < -0.39 is 0 Å². The predicted octanol–water partition coefficient (Wildman–Crippen LogP) is 4.17.